The van der Waals surface area contributed by atoms with E-state index in [0.717, 1.165) is 6.07 Å². The number of nitro groups is 1. The van der Waals surface area contributed by atoms with Gasteiger partial charge < -0.3 is 5.11 Å². The van der Waals surface area contributed by atoms with Gasteiger partial charge in [-0.3, -0.25) is 10.1 Å². The largest absolute Gasteiger partial charge is 0.477 e. The Morgan fingerprint density at radius 1 is 1.44 bits per heavy atom. The van der Waals surface area contributed by atoms with Crippen molar-refractivity contribution in [2.75, 3.05) is 5.75 Å². The minimum atomic E-state index is -3.46. The Bertz CT molecular complexity index is 592. The predicted molar refractivity (Wildman–Crippen MR) is 63.2 cm³/mol. The number of sulfone groups is 1. The maximum absolute atomic E-state index is 11.5. The molecular weight excluding hydrogens is 262 g/mol. The second-order valence-corrected chi connectivity index (χ2v) is 5.90. The first-order valence-corrected chi connectivity index (χ1v) is 6.80. The van der Waals surface area contributed by atoms with Crippen LogP contribution in [0.1, 0.15) is 22.8 Å². The molecule has 0 heterocycles. The van der Waals surface area contributed by atoms with Crippen molar-refractivity contribution in [3.8, 4) is 0 Å². The Hall–Kier alpha value is -1.96. The summed E-state index contributed by atoms with van der Waals surface area (Å²) in [5.41, 5.74) is -1.25. The Balaban J connectivity index is 3.41. The Morgan fingerprint density at radius 3 is 2.50 bits per heavy atom. The number of rotatable bonds is 5. The summed E-state index contributed by atoms with van der Waals surface area (Å²) in [6, 6.07) is 3.57. The van der Waals surface area contributed by atoms with Gasteiger partial charge in [0, 0.05) is 11.8 Å². The van der Waals surface area contributed by atoms with E-state index >= 15 is 0 Å². The highest BCUT2D eigenvalue weighted by Gasteiger charge is 2.25. The average molecular weight is 273 g/mol. The summed E-state index contributed by atoms with van der Waals surface area (Å²) >= 11 is 0. The fourth-order valence-electron chi connectivity index (χ4n) is 1.44. The van der Waals surface area contributed by atoms with Crippen molar-refractivity contribution in [3.63, 3.8) is 0 Å². The molecule has 1 aromatic carbocycles. The van der Waals surface area contributed by atoms with Gasteiger partial charge in [-0.1, -0.05) is 19.1 Å². The highest BCUT2D eigenvalue weighted by atomic mass is 32.2. The normalized spacial score (nSPS) is 11.2. The third-order valence-electron chi connectivity index (χ3n) is 2.35. The van der Waals surface area contributed by atoms with E-state index in [1.54, 1.807) is 0 Å². The topological polar surface area (TPSA) is 115 Å². The second-order valence-electron chi connectivity index (χ2n) is 3.55. The summed E-state index contributed by atoms with van der Waals surface area (Å²) in [6.07, 6.45) is 0. The zero-order valence-electron chi connectivity index (χ0n) is 9.49. The maximum Gasteiger partial charge on any atom is 0.343 e. The third-order valence-corrected chi connectivity index (χ3v) is 3.99. The molecule has 0 unspecified atom stereocenters. The van der Waals surface area contributed by atoms with Crippen LogP contribution in [0, 0.1) is 10.1 Å². The summed E-state index contributed by atoms with van der Waals surface area (Å²) in [5.74, 6) is -2.19. The van der Waals surface area contributed by atoms with Crippen LogP contribution >= 0.6 is 0 Å². The van der Waals surface area contributed by atoms with Gasteiger partial charge in [-0.25, -0.2) is 13.2 Å². The van der Waals surface area contributed by atoms with Crippen LogP contribution in [0.4, 0.5) is 5.69 Å². The van der Waals surface area contributed by atoms with Crippen LogP contribution in [-0.2, 0) is 15.6 Å². The first-order chi connectivity index (χ1) is 8.28. The van der Waals surface area contributed by atoms with E-state index in [-0.39, 0.29) is 11.3 Å². The Morgan fingerprint density at radius 2 is 2.06 bits per heavy atom. The molecule has 1 rings (SSSR count). The molecule has 0 atom stereocenters. The van der Waals surface area contributed by atoms with E-state index < -0.39 is 37.7 Å². The van der Waals surface area contributed by atoms with Crippen molar-refractivity contribution >= 4 is 21.5 Å². The number of nitrogens with zero attached hydrogens (tertiary/aromatic N) is 1. The fourth-order valence-corrected chi connectivity index (χ4v) is 2.36. The number of benzene rings is 1. The summed E-state index contributed by atoms with van der Waals surface area (Å²) in [6.45, 7) is 1.42. The molecule has 0 spiro atoms. The van der Waals surface area contributed by atoms with E-state index in [2.05, 4.69) is 0 Å². The van der Waals surface area contributed by atoms with Gasteiger partial charge in [0.1, 0.15) is 5.56 Å². The zero-order chi connectivity index (χ0) is 13.9. The van der Waals surface area contributed by atoms with Gasteiger partial charge in [-0.2, -0.15) is 0 Å². The van der Waals surface area contributed by atoms with Gasteiger partial charge in [0.05, 0.1) is 10.7 Å². The van der Waals surface area contributed by atoms with E-state index in [0.29, 0.717) is 0 Å². The number of carboxylic acids is 1. The molecule has 0 radical (unpaired) electrons. The molecule has 18 heavy (non-hydrogen) atoms. The van der Waals surface area contributed by atoms with Gasteiger partial charge in [0.25, 0.3) is 5.69 Å². The van der Waals surface area contributed by atoms with Gasteiger partial charge in [-0.05, 0) is 5.56 Å². The van der Waals surface area contributed by atoms with Crippen molar-refractivity contribution < 1.29 is 23.2 Å². The number of carboxylic acid groups (broad SMARTS) is 1. The first-order valence-electron chi connectivity index (χ1n) is 4.98. The molecule has 0 saturated carbocycles. The van der Waals surface area contributed by atoms with E-state index in [1.807, 2.05) is 0 Å². The molecular formula is C10H11NO6S. The average Bonchev–Trinajstić information content (AvgIpc) is 2.27. The van der Waals surface area contributed by atoms with E-state index in [9.17, 15) is 23.3 Å². The first kappa shape index (κ1) is 14.1. The van der Waals surface area contributed by atoms with E-state index in [4.69, 9.17) is 5.11 Å². The number of nitro benzene ring substituents is 1. The molecule has 0 fully saturated rings. The number of aromatic carboxylic acids is 1. The SMILES string of the molecule is CCS(=O)(=O)Cc1cccc([N+](=O)[O-])c1C(=O)O. The lowest BCUT2D eigenvalue weighted by Gasteiger charge is -2.06. The highest BCUT2D eigenvalue weighted by molar-refractivity contribution is 7.90. The van der Waals surface area contributed by atoms with Crippen LogP contribution in [0.2, 0.25) is 0 Å². The summed E-state index contributed by atoms with van der Waals surface area (Å²) in [7, 11) is -3.46. The minimum Gasteiger partial charge on any atom is -0.477 e. The van der Waals surface area contributed by atoms with Gasteiger partial charge in [0.15, 0.2) is 9.84 Å². The monoisotopic (exact) mass is 273 g/mol. The molecule has 7 nitrogen and oxygen atoms in total. The molecule has 0 bridgehead atoms. The molecule has 1 N–H and O–H groups in total. The van der Waals surface area contributed by atoms with Gasteiger partial charge >= 0.3 is 5.97 Å². The Labute approximate surface area is 103 Å². The van der Waals surface area contributed by atoms with Crippen molar-refractivity contribution in [1.29, 1.82) is 0 Å². The van der Waals surface area contributed by atoms with Crippen LogP contribution in [0.15, 0.2) is 18.2 Å². The van der Waals surface area contributed by atoms with Crippen LogP contribution in [0.3, 0.4) is 0 Å². The number of hydrogen-bond acceptors (Lipinski definition) is 5. The quantitative estimate of drug-likeness (QED) is 0.637. The Kier molecular flexibility index (Phi) is 4.02. The molecule has 1 aromatic rings. The lowest BCUT2D eigenvalue weighted by atomic mass is 10.1. The van der Waals surface area contributed by atoms with E-state index in [1.165, 1.54) is 19.1 Å². The summed E-state index contributed by atoms with van der Waals surface area (Å²) in [4.78, 5) is 20.9. The molecule has 0 aliphatic carbocycles. The molecule has 8 heteroatoms. The molecule has 0 aliphatic rings. The van der Waals surface area contributed by atoms with Gasteiger partial charge in [0.2, 0.25) is 0 Å². The minimum absolute atomic E-state index is 0.0708. The van der Waals surface area contributed by atoms with Crippen LogP contribution < -0.4 is 0 Å². The van der Waals surface area contributed by atoms with Crippen LogP contribution in [-0.4, -0.2) is 30.2 Å². The molecule has 0 aliphatic heterocycles. The molecule has 0 saturated heterocycles. The molecule has 98 valence electrons. The van der Waals surface area contributed by atoms with Crippen molar-refractivity contribution in [3.05, 3.63) is 39.4 Å². The molecule has 0 aromatic heterocycles. The smallest absolute Gasteiger partial charge is 0.343 e. The van der Waals surface area contributed by atoms with Crippen molar-refractivity contribution in [2.24, 2.45) is 0 Å². The highest BCUT2D eigenvalue weighted by Crippen LogP contribution is 2.24. The lowest BCUT2D eigenvalue weighted by molar-refractivity contribution is -0.385. The van der Waals surface area contributed by atoms with Crippen molar-refractivity contribution in [1.82, 2.24) is 0 Å². The predicted octanol–water partition coefficient (Wildman–Crippen LogP) is 1.23. The fraction of sp³-hybridized carbons (Fsp3) is 0.300. The zero-order valence-corrected chi connectivity index (χ0v) is 10.3. The van der Waals surface area contributed by atoms with Crippen molar-refractivity contribution in [2.45, 2.75) is 12.7 Å². The lowest BCUT2D eigenvalue weighted by Crippen LogP contribution is -2.12. The maximum atomic E-state index is 11.5. The third kappa shape index (κ3) is 3.04. The summed E-state index contributed by atoms with van der Waals surface area (Å²) < 4.78 is 22.9. The number of carbonyl (C=O) groups is 1. The second kappa shape index (κ2) is 5.13. The standard InChI is InChI=1S/C10H11NO6S/c1-2-18(16,17)6-7-4-3-5-8(11(14)15)9(7)10(12)13/h3-5H,2,6H2,1H3,(H,12,13). The summed E-state index contributed by atoms with van der Waals surface area (Å²) in [5, 5.41) is 19.7. The van der Waals surface area contributed by atoms with Gasteiger partial charge in [-0.15, -0.1) is 0 Å². The molecule has 0 amide bonds. The van der Waals surface area contributed by atoms with Crippen LogP contribution in [0.5, 0.6) is 0 Å². The van der Waals surface area contributed by atoms with Crippen LogP contribution in [0.25, 0.3) is 0 Å². The number of hydrogen-bond donors (Lipinski definition) is 1.